The van der Waals surface area contributed by atoms with E-state index in [2.05, 4.69) is 0 Å². The van der Waals surface area contributed by atoms with E-state index in [4.69, 9.17) is 4.74 Å². The van der Waals surface area contributed by atoms with Crippen molar-refractivity contribution in [1.29, 1.82) is 0 Å². The highest BCUT2D eigenvalue weighted by atomic mass is 32.2. The number of amides is 2. The van der Waals surface area contributed by atoms with Crippen LogP contribution >= 0.6 is 11.8 Å². The van der Waals surface area contributed by atoms with E-state index in [9.17, 15) is 19.1 Å². The van der Waals surface area contributed by atoms with Gasteiger partial charge in [-0.1, -0.05) is 24.3 Å². The van der Waals surface area contributed by atoms with Crippen LogP contribution in [0.1, 0.15) is 25.0 Å². The van der Waals surface area contributed by atoms with Gasteiger partial charge in [-0.25, -0.2) is 4.39 Å². The van der Waals surface area contributed by atoms with Crippen LogP contribution in [0.5, 0.6) is 5.75 Å². The molecule has 0 spiro atoms. The molecule has 0 saturated heterocycles. The molecule has 0 bridgehead atoms. The fourth-order valence-corrected chi connectivity index (χ4v) is 3.86. The lowest BCUT2D eigenvalue weighted by molar-refractivity contribution is -0.137. The van der Waals surface area contributed by atoms with Gasteiger partial charge in [0, 0.05) is 5.75 Å². The van der Waals surface area contributed by atoms with Crippen LogP contribution in [0.25, 0.3) is 5.57 Å². The van der Waals surface area contributed by atoms with Crippen molar-refractivity contribution in [3.05, 3.63) is 70.4 Å². The van der Waals surface area contributed by atoms with Gasteiger partial charge in [-0.05, 0) is 49.2 Å². The summed E-state index contributed by atoms with van der Waals surface area (Å²) in [6.45, 7) is 3.79. The van der Waals surface area contributed by atoms with Crippen LogP contribution in [-0.4, -0.2) is 40.3 Å². The number of ether oxygens (including phenoxy) is 1. The summed E-state index contributed by atoms with van der Waals surface area (Å²) in [5.41, 5.74) is 1.58. The lowest BCUT2D eigenvalue weighted by Gasteiger charge is -2.15. The Kier molecular flexibility index (Phi) is 6.71. The minimum absolute atomic E-state index is 0.0247. The first kappa shape index (κ1) is 21.1. The number of benzene rings is 2. The van der Waals surface area contributed by atoms with Crippen molar-refractivity contribution in [2.75, 3.05) is 12.4 Å². The Hall–Kier alpha value is -2.64. The SMILES string of the molecule is CC(C)Oc1ccc(C2=C(SCCO)C(=O)N(Cc3ccc(F)cc3)C2=O)cc1. The zero-order valence-corrected chi connectivity index (χ0v) is 17.0. The number of carbonyl (C=O) groups excluding carboxylic acids is 2. The van der Waals surface area contributed by atoms with Gasteiger partial charge >= 0.3 is 0 Å². The summed E-state index contributed by atoms with van der Waals surface area (Å²) in [6.07, 6.45) is 0.0247. The number of aliphatic hydroxyl groups is 1. The van der Waals surface area contributed by atoms with E-state index in [0.29, 0.717) is 33.1 Å². The molecule has 3 rings (SSSR count). The zero-order valence-electron chi connectivity index (χ0n) is 16.2. The number of hydrogen-bond donors (Lipinski definition) is 1. The molecule has 0 atom stereocenters. The topological polar surface area (TPSA) is 66.8 Å². The molecule has 5 nitrogen and oxygen atoms in total. The number of aliphatic hydroxyl groups excluding tert-OH is 1. The quantitative estimate of drug-likeness (QED) is 0.667. The molecule has 1 aliphatic rings. The number of imide groups is 1. The Morgan fingerprint density at radius 2 is 1.69 bits per heavy atom. The van der Waals surface area contributed by atoms with E-state index in [-0.39, 0.29) is 25.1 Å². The van der Waals surface area contributed by atoms with Gasteiger partial charge in [0.15, 0.2) is 0 Å². The Morgan fingerprint density at radius 3 is 2.28 bits per heavy atom. The number of carbonyl (C=O) groups is 2. The van der Waals surface area contributed by atoms with Gasteiger partial charge in [0.2, 0.25) is 0 Å². The van der Waals surface area contributed by atoms with E-state index < -0.39 is 11.8 Å². The minimum atomic E-state index is -0.407. The average molecular weight is 415 g/mol. The largest absolute Gasteiger partial charge is 0.491 e. The summed E-state index contributed by atoms with van der Waals surface area (Å²) in [4.78, 5) is 27.5. The van der Waals surface area contributed by atoms with E-state index >= 15 is 0 Å². The summed E-state index contributed by atoms with van der Waals surface area (Å²) in [6, 6.07) is 12.7. The molecule has 2 aromatic rings. The normalized spacial score (nSPS) is 14.3. The number of thioether (sulfide) groups is 1. The van der Waals surface area contributed by atoms with Crippen LogP contribution in [0, 0.1) is 5.82 Å². The number of nitrogens with zero attached hydrogens (tertiary/aromatic N) is 1. The van der Waals surface area contributed by atoms with Crippen molar-refractivity contribution in [2.45, 2.75) is 26.5 Å². The van der Waals surface area contributed by atoms with Crippen molar-refractivity contribution in [3.8, 4) is 5.75 Å². The second-order valence-corrected chi connectivity index (χ2v) is 7.90. The first-order valence-electron chi connectivity index (χ1n) is 9.26. The van der Waals surface area contributed by atoms with E-state index in [1.54, 1.807) is 36.4 Å². The molecular weight excluding hydrogens is 393 g/mol. The standard InChI is InChI=1S/C22H22FNO4S/c1-14(2)28-18-9-5-16(6-10-18)19-20(29-12-11-25)22(27)24(21(19)26)13-15-3-7-17(23)8-4-15/h3-10,14,25H,11-13H2,1-2H3. The summed E-state index contributed by atoms with van der Waals surface area (Å²) < 4.78 is 18.8. The zero-order chi connectivity index (χ0) is 21.0. The maximum Gasteiger partial charge on any atom is 0.268 e. The Balaban J connectivity index is 1.90. The van der Waals surface area contributed by atoms with Crippen LogP contribution in [0.15, 0.2) is 53.4 Å². The van der Waals surface area contributed by atoms with Crippen LogP contribution in [0.2, 0.25) is 0 Å². The second kappa shape index (κ2) is 9.24. The van der Waals surface area contributed by atoms with E-state index in [1.165, 1.54) is 12.1 Å². The highest BCUT2D eigenvalue weighted by Crippen LogP contribution is 2.37. The summed E-state index contributed by atoms with van der Waals surface area (Å²) in [7, 11) is 0. The molecule has 1 aliphatic heterocycles. The third-order valence-corrected chi connectivity index (χ3v) is 5.29. The van der Waals surface area contributed by atoms with Crippen molar-refractivity contribution in [1.82, 2.24) is 4.90 Å². The van der Waals surface area contributed by atoms with Gasteiger partial charge in [-0.3, -0.25) is 14.5 Å². The molecule has 0 unspecified atom stereocenters. The van der Waals surface area contributed by atoms with Gasteiger partial charge in [0.1, 0.15) is 11.6 Å². The lowest BCUT2D eigenvalue weighted by atomic mass is 10.1. The van der Waals surface area contributed by atoms with Crippen LogP contribution in [0.3, 0.4) is 0 Å². The molecule has 0 aliphatic carbocycles. The van der Waals surface area contributed by atoms with Gasteiger partial charge in [-0.2, -0.15) is 0 Å². The molecule has 0 saturated carbocycles. The molecular formula is C22H22FNO4S. The average Bonchev–Trinajstić information content (AvgIpc) is 2.92. The van der Waals surface area contributed by atoms with E-state index in [0.717, 1.165) is 16.7 Å². The number of hydrogen-bond acceptors (Lipinski definition) is 5. The Bertz CT molecular complexity index is 923. The molecule has 0 fully saturated rings. The predicted octanol–water partition coefficient (Wildman–Crippen LogP) is 3.62. The predicted molar refractivity (Wildman–Crippen MR) is 111 cm³/mol. The summed E-state index contributed by atoms with van der Waals surface area (Å²) in [5.74, 6) is -0.215. The van der Waals surface area contributed by atoms with Crippen molar-refractivity contribution >= 4 is 29.1 Å². The molecule has 2 amide bonds. The Labute approximate surface area is 173 Å². The highest BCUT2D eigenvalue weighted by molar-refractivity contribution is 8.04. The molecule has 2 aromatic carbocycles. The third kappa shape index (κ3) is 4.86. The number of halogens is 1. The molecule has 1 heterocycles. The van der Waals surface area contributed by atoms with Crippen molar-refractivity contribution in [2.24, 2.45) is 0 Å². The minimum Gasteiger partial charge on any atom is -0.491 e. The summed E-state index contributed by atoms with van der Waals surface area (Å²) in [5, 5.41) is 9.18. The lowest BCUT2D eigenvalue weighted by Crippen LogP contribution is -2.31. The number of rotatable bonds is 8. The molecule has 0 radical (unpaired) electrons. The maximum absolute atomic E-state index is 13.2. The van der Waals surface area contributed by atoms with Crippen molar-refractivity contribution in [3.63, 3.8) is 0 Å². The highest BCUT2D eigenvalue weighted by Gasteiger charge is 2.39. The van der Waals surface area contributed by atoms with Gasteiger partial charge < -0.3 is 9.84 Å². The Morgan fingerprint density at radius 1 is 1.03 bits per heavy atom. The fourth-order valence-electron chi connectivity index (χ4n) is 2.98. The van der Waals surface area contributed by atoms with Crippen LogP contribution in [0.4, 0.5) is 4.39 Å². The van der Waals surface area contributed by atoms with Gasteiger partial charge in [-0.15, -0.1) is 11.8 Å². The monoisotopic (exact) mass is 415 g/mol. The van der Waals surface area contributed by atoms with Crippen LogP contribution in [-0.2, 0) is 16.1 Å². The molecule has 7 heteroatoms. The van der Waals surface area contributed by atoms with Crippen molar-refractivity contribution < 1.29 is 23.8 Å². The second-order valence-electron chi connectivity index (χ2n) is 6.79. The summed E-state index contributed by atoms with van der Waals surface area (Å²) >= 11 is 1.16. The van der Waals surface area contributed by atoms with Gasteiger partial charge in [0.25, 0.3) is 11.8 Å². The first-order chi connectivity index (χ1) is 13.9. The molecule has 152 valence electrons. The molecule has 1 N–H and O–H groups in total. The third-order valence-electron chi connectivity index (χ3n) is 4.23. The maximum atomic E-state index is 13.2. The fraction of sp³-hybridized carbons (Fsp3) is 0.273. The molecule has 29 heavy (non-hydrogen) atoms. The molecule has 0 aromatic heterocycles. The van der Waals surface area contributed by atoms with Crippen LogP contribution < -0.4 is 4.74 Å². The smallest absolute Gasteiger partial charge is 0.268 e. The van der Waals surface area contributed by atoms with Gasteiger partial charge in [0.05, 0.1) is 29.7 Å². The van der Waals surface area contributed by atoms with E-state index in [1.807, 2.05) is 13.8 Å². The first-order valence-corrected chi connectivity index (χ1v) is 10.2.